The molecule has 0 amide bonds. The van der Waals surface area contributed by atoms with E-state index in [1.165, 1.54) is 9.13 Å². The van der Waals surface area contributed by atoms with Crippen molar-refractivity contribution in [2.45, 2.75) is 20.4 Å². The van der Waals surface area contributed by atoms with Gasteiger partial charge in [-0.3, -0.25) is 4.68 Å². The van der Waals surface area contributed by atoms with Crippen LogP contribution in [0.25, 0.3) is 0 Å². The number of aromatic nitrogens is 2. The summed E-state index contributed by atoms with van der Waals surface area (Å²) in [7, 11) is 1.91. The molecule has 96 valence electrons. The van der Waals surface area contributed by atoms with E-state index in [1.807, 2.05) is 18.7 Å². The Balaban J connectivity index is 2.19. The molecular formula is C13H15ClIN3. The van der Waals surface area contributed by atoms with Crippen LogP contribution in [0.2, 0.25) is 5.02 Å². The number of hydrogen-bond donors (Lipinski definition) is 1. The third kappa shape index (κ3) is 2.80. The molecule has 0 saturated carbocycles. The fraction of sp³-hybridized carbons (Fsp3) is 0.308. The maximum absolute atomic E-state index is 6.23. The standard InChI is InChI=1S/C13H15ClIN3/c1-8-4-5-10(15)6-11(8)16-7-12-13(14)9(2)17-18(12)3/h4-6,16H,7H2,1-3H3. The van der Waals surface area contributed by atoms with Crippen LogP contribution in [0.4, 0.5) is 5.69 Å². The molecule has 2 rings (SSSR count). The van der Waals surface area contributed by atoms with Gasteiger partial charge in [0.15, 0.2) is 0 Å². The Kier molecular flexibility index (Phi) is 4.17. The van der Waals surface area contributed by atoms with Crippen molar-refractivity contribution in [3.8, 4) is 0 Å². The number of nitrogens with zero attached hydrogens (tertiary/aromatic N) is 2. The molecule has 2 aromatic rings. The van der Waals surface area contributed by atoms with Gasteiger partial charge in [-0.1, -0.05) is 17.7 Å². The first kappa shape index (κ1) is 13.7. The Morgan fingerprint density at radius 2 is 2.11 bits per heavy atom. The van der Waals surface area contributed by atoms with E-state index in [0.29, 0.717) is 6.54 Å². The summed E-state index contributed by atoms with van der Waals surface area (Å²) in [5.74, 6) is 0. The average molecular weight is 376 g/mol. The number of halogens is 2. The molecule has 1 heterocycles. The van der Waals surface area contributed by atoms with Gasteiger partial charge in [-0.2, -0.15) is 5.10 Å². The van der Waals surface area contributed by atoms with Crippen molar-refractivity contribution in [3.05, 3.63) is 43.7 Å². The number of benzene rings is 1. The van der Waals surface area contributed by atoms with E-state index in [9.17, 15) is 0 Å². The zero-order valence-electron chi connectivity index (χ0n) is 10.6. The molecule has 5 heteroatoms. The normalized spacial score (nSPS) is 10.7. The molecule has 1 aromatic carbocycles. The summed E-state index contributed by atoms with van der Waals surface area (Å²) >= 11 is 8.54. The van der Waals surface area contributed by atoms with Crippen LogP contribution in [0.5, 0.6) is 0 Å². The van der Waals surface area contributed by atoms with Crippen LogP contribution in [0.3, 0.4) is 0 Å². The molecule has 0 spiro atoms. The second-order valence-corrected chi connectivity index (χ2v) is 5.91. The summed E-state index contributed by atoms with van der Waals surface area (Å²) in [6.45, 7) is 4.69. The number of hydrogen-bond acceptors (Lipinski definition) is 2. The van der Waals surface area contributed by atoms with E-state index >= 15 is 0 Å². The molecule has 0 fully saturated rings. The zero-order chi connectivity index (χ0) is 13.3. The van der Waals surface area contributed by atoms with Crippen LogP contribution in [-0.4, -0.2) is 9.78 Å². The summed E-state index contributed by atoms with van der Waals surface area (Å²) in [5, 5.41) is 8.46. The molecule has 0 unspecified atom stereocenters. The zero-order valence-corrected chi connectivity index (χ0v) is 13.5. The smallest absolute Gasteiger partial charge is 0.0865 e. The summed E-state index contributed by atoms with van der Waals surface area (Å²) in [4.78, 5) is 0. The highest BCUT2D eigenvalue weighted by molar-refractivity contribution is 14.1. The van der Waals surface area contributed by atoms with Crippen molar-refractivity contribution in [3.63, 3.8) is 0 Å². The van der Waals surface area contributed by atoms with E-state index in [4.69, 9.17) is 11.6 Å². The van der Waals surface area contributed by atoms with Gasteiger partial charge in [0.1, 0.15) is 0 Å². The van der Waals surface area contributed by atoms with Gasteiger partial charge < -0.3 is 5.32 Å². The number of anilines is 1. The number of nitrogens with one attached hydrogen (secondary N) is 1. The van der Waals surface area contributed by atoms with Crippen LogP contribution < -0.4 is 5.32 Å². The SMILES string of the molecule is Cc1ccc(I)cc1NCc1c(Cl)c(C)nn1C. The third-order valence-electron chi connectivity index (χ3n) is 2.91. The summed E-state index contributed by atoms with van der Waals surface area (Å²) < 4.78 is 3.04. The second kappa shape index (κ2) is 5.48. The summed E-state index contributed by atoms with van der Waals surface area (Å²) in [6.07, 6.45) is 0. The highest BCUT2D eigenvalue weighted by atomic mass is 127. The van der Waals surface area contributed by atoms with Crippen LogP contribution in [0.15, 0.2) is 18.2 Å². The van der Waals surface area contributed by atoms with E-state index in [-0.39, 0.29) is 0 Å². The first-order valence-electron chi connectivity index (χ1n) is 5.67. The van der Waals surface area contributed by atoms with E-state index in [0.717, 1.165) is 22.1 Å². The molecule has 0 aliphatic rings. The minimum absolute atomic E-state index is 0.678. The lowest BCUT2D eigenvalue weighted by Crippen LogP contribution is -2.07. The van der Waals surface area contributed by atoms with Crippen molar-refractivity contribution >= 4 is 39.9 Å². The fourth-order valence-electron chi connectivity index (χ4n) is 1.84. The van der Waals surface area contributed by atoms with Crippen LogP contribution in [-0.2, 0) is 13.6 Å². The minimum Gasteiger partial charge on any atom is -0.379 e. The van der Waals surface area contributed by atoms with Gasteiger partial charge in [-0.05, 0) is 54.1 Å². The first-order valence-corrected chi connectivity index (χ1v) is 7.12. The van der Waals surface area contributed by atoms with Crippen molar-refractivity contribution in [1.82, 2.24) is 9.78 Å². The highest BCUT2D eigenvalue weighted by Crippen LogP contribution is 2.23. The van der Waals surface area contributed by atoms with Crippen molar-refractivity contribution in [1.29, 1.82) is 0 Å². The van der Waals surface area contributed by atoms with Crippen LogP contribution in [0, 0.1) is 17.4 Å². The van der Waals surface area contributed by atoms with Crippen molar-refractivity contribution < 1.29 is 0 Å². The Labute approximate surface area is 126 Å². The number of rotatable bonds is 3. The molecule has 0 saturated heterocycles. The van der Waals surface area contributed by atoms with Gasteiger partial charge in [0.05, 0.1) is 23.0 Å². The van der Waals surface area contributed by atoms with Crippen LogP contribution >= 0.6 is 34.2 Å². The van der Waals surface area contributed by atoms with Crippen molar-refractivity contribution in [2.75, 3.05) is 5.32 Å². The molecule has 0 atom stereocenters. The van der Waals surface area contributed by atoms with Gasteiger partial charge in [-0.25, -0.2) is 0 Å². The highest BCUT2D eigenvalue weighted by Gasteiger charge is 2.10. The maximum Gasteiger partial charge on any atom is 0.0865 e. The first-order chi connectivity index (χ1) is 8.49. The Morgan fingerprint density at radius 3 is 2.72 bits per heavy atom. The Hall–Kier alpha value is -0.750. The average Bonchev–Trinajstić information content (AvgIpc) is 2.55. The lowest BCUT2D eigenvalue weighted by atomic mass is 10.2. The fourth-order valence-corrected chi connectivity index (χ4v) is 2.55. The van der Waals surface area contributed by atoms with E-state index in [2.05, 4.69) is 58.1 Å². The van der Waals surface area contributed by atoms with Crippen molar-refractivity contribution in [2.24, 2.45) is 7.05 Å². The minimum atomic E-state index is 0.678. The van der Waals surface area contributed by atoms with Gasteiger partial charge >= 0.3 is 0 Å². The molecule has 0 bridgehead atoms. The van der Waals surface area contributed by atoms with E-state index < -0.39 is 0 Å². The summed E-state index contributed by atoms with van der Waals surface area (Å²) in [6, 6.07) is 6.34. The molecule has 3 nitrogen and oxygen atoms in total. The van der Waals surface area contributed by atoms with E-state index in [1.54, 1.807) is 0 Å². The van der Waals surface area contributed by atoms with Gasteiger partial charge in [-0.15, -0.1) is 0 Å². The topological polar surface area (TPSA) is 29.9 Å². The van der Waals surface area contributed by atoms with Gasteiger partial charge in [0.2, 0.25) is 0 Å². The largest absolute Gasteiger partial charge is 0.379 e. The van der Waals surface area contributed by atoms with Crippen LogP contribution in [0.1, 0.15) is 17.0 Å². The van der Waals surface area contributed by atoms with Gasteiger partial charge in [0.25, 0.3) is 0 Å². The molecular weight excluding hydrogens is 361 g/mol. The molecule has 0 aliphatic carbocycles. The lowest BCUT2D eigenvalue weighted by molar-refractivity contribution is 0.713. The monoisotopic (exact) mass is 375 g/mol. The maximum atomic E-state index is 6.23. The predicted octanol–water partition coefficient (Wildman–Crippen LogP) is 3.91. The van der Waals surface area contributed by atoms with Gasteiger partial charge in [0, 0.05) is 16.3 Å². The molecule has 1 N–H and O–H groups in total. The summed E-state index contributed by atoms with van der Waals surface area (Å²) in [5.41, 5.74) is 4.24. The Morgan fingerprint density at radius 1 is 1.39 bits per heavy atom. The quantitative estimate of drug-likeness (QED) is 0.825. The molecule has 1 aromatic heterocycles. The molecule has 18 heavy (non-hydrogen) atoms. The molecule has 0 radical (unpaired) electrons. The lowest BCUT2D eigenvalue weighted by Gasteiger charge is -2.10. The third-order valence-corrected chi connectivity index (χ3v) is 4.07. The molecule has 0 aliphatic heterocycles. The Bertz CT molecular complexity index is 578. The predicted molar refractivity (Wildman–Crippen MR) is 84.2 cm³/mol. The second-order valence-electron chi connectivity index (χ2n) is 4.28. The number of aryl methyl sites for hydroxylation is 3.